The van der Waals surface area contributed by atoms with Gasteiger partial charge in [0.15, 0.2) is 9.84 Å². The number of rotatable bonds is 5. The minimum absolute atomic E-state index is 0.0316. The summed E-state index contributed by atoms with van der Waals surface area (Å²) in [6, 6.07) is 0. The van der Waals surface area contributed by atoms with Gasteiger partial charge in [-0.2, -0.15) is 5.10 Å². The molecule has 0 aliphatic rings. The van der Waals surface area contributed by atoms with Gasteiger partial charge >= 0.3 is 5.97 Å². The van der Waals surface area contributed by atoms with Gasteiger partial charge in [-0.3, -0.25) is 4.68 Å². The summed E-state index contributed by atoms with van der Waals surface area (Å²) in [5.41, 5.74) is -0.205. The van der Waals surface area contributed by atoms with Crippen LogP contribution in [0.3, 0.4) is 0 Å². The number of aryl methyl sites for hydroxylation is 1. The van der Waals surface area contributed by atoms with Crippen molar-refractivity contribution in [2.45, 2.75) is 39.7 Å². The first-order valence-electron chi connectivity index (χ1n) is 6.20. The molecule has 0 saturated carbocycles. The van der Waals surface area contributed by atoms with Crippen molar-refractivity contribution in [2.24, 2.45) is 0 Å². The molecule has 1 rings (SSSR count). The van der Waals surface area contributed by atoms with Crippen LogP contribution in [0.2, 0.25) is 5.15 Å². The third kappa shape index (κ3) is 3.73. The number of nitrogens with zero attached hydrogens (tertiary/aromatic N) is 2. The van der Waals surface area contributed by atoms with Crippen molar-refractivity contribution in [3.8, 4) is 0 Å². The molecule has 1 aromatic rings. The lowest BCUT2D eigenvalue weighted by molar-refractivity contribution is 0.0694. The molecule has 114 valence electrons. The molecule has 6 nitrogen and oxygen atoms in total. The highest BCUT2D eigenvalue weighted by Gasteiger charge is 2.30. The topological polar surface area (TPSA) is 89.3 Å². The summed E-state index contributed by atoms with van der Waals surface area (Å²) in [5.74, 6) is -1.25. The van der Waals surface area contributed by atoms with E-state index >= 15 is 0 Å². The lowest BCUT2D eigenvalue weighted by atomic mass is 9.89. The highest BCUT2D eigenvalue weighted by Crippen LogP contribution is 2.30. The predicted octanol–water partition coefficient (Wildman–Crippen LogP) is 1.97. The maximum atomic E-state index is 11.5. The number of halogens is 1. The maximum Gasteiger partial charge on any atom is 0.340 e. The van der Waals surface area contributed by atoms with Crippen molar-refractivity contribution in [2.75, 3.05) is 11.5 Å². The van der Waals surface area contributed by atoms with E-state index in [4.69, 9.17) is 11.6 Å². The fourth-order valence-electron chi connectivity index (χ4n) is 1.67. The monoisotopic (exact) mass is 322 g/mol. The summed E-state index contributed by atoms with van der Waals surface area (Å²) in [7, 11) is -3.16. The molecular weight excluding hydrogens is 304 g/mol. The van der Waals surface area contributed by atoms with Gasteiger partial charge in [-0.05, 0) is 0 Å². The van der Waals surface area contributed by atoms with Crippen LogP contribution in [0.25, 0.3) is 0 Å². The Morgan fingerprint density at radius 2 is 1.95 bits per heavy atom. The Labute approximate surface area is 123 Å². The van der Waals surface area contributed by atoms with Gasteiger partial charge in [0.05, 0.1) is 18.0 Å². The minimum Gasteiger partial charge on any atom is -0.478 e. The molecule has 0 amide bonds. The second-order valence-electron chi connectivity index (χ2n) is 5.53. The van der Waals surface area contributed by atoms with Crippen molar-refractivity contribution in [1.29, 1.82) is 0 Å². The van der Waals surface area contributed by atoms with Gasteiger partial charge in [0, 0.05) is 11.2 Å². The third-order valence-corrected chi connectivity index (χ3v) is 4.94. The van der Waals surface area contributed by atoms with Crippen molar-refractivity contribution >= 4 is 27.4 Å². The van der Waals surface area contributed by atoms with Crippen molar-refractivity contribution in [1.82, 2.24) is 9.78 Å². The molecule has 0 aliphatic carbocycles. The van der Waals surface area contributed by atoms with E-state index in [1.165, 1.54) is 4.68 Å². The Hall–Kier alpha value is -1.08. The quantitative estimate of drug-likeness (QED) is 0.895. The van der Waals surface area contributed by atoms with E-state index in [0.717, 1.165) is 0 Å². The molecule has 20 heavy (non-hydrogen) atoms. The van der Waals surface area contributed by atoms with Crippen LogP contribution < -0.4 is 0 Å². The van der Waals surface area contributed by atoms with Gasteiger partial charge in [-0.25, -0.2) is 13.2 Å². The van der Waals surface area contributed by atoms with Gasteiger partial charge < -0.3 is 5.11 Å². The number of hydrogen-bond donors (Lipinski definition) is 1. The van der Waals surface area contributed by atoms with Gasteiger partial charge in [-0.15, -0.1) is 0 Å². The molecule has 0 fully saturated rings. The van der Waals surface area contributed by atoms with Crippen LogP contribution in [0.4, 0.5) is 0 Å². The number of aromatic carboxylic acids is 1. The summed E-state index contributed by atoms with van der Waals surface area (Å²) >= 11 is 6.03. The molecule has 0 radical (unpaired) electrons. The van der Waals surface area contributed by atoms with Crippen molar-refractivity contribution in [3.63, 3.8) is 0 Å². The van der Waals surface area contributed by atoms with Crippen LogP contribution in [0.15, 0.2) is 0 Å². The molecule has 1 heterocycles. The normalized spacial score (nSPS) is 12.7. The summed E-state index contributed by atoms with van der Waals surface area (Å²) < 4.78 is 24.3. The van der Waals surface area contributed by atoms with Gasteiger partial charge in [0.2, 0.25) is 0 Å². The molecule has 0 saturated heterocycles. The second-order valence-corrected chi connectivity index (χ2v) is 8.36. The van der Waals surface area contributed by atoms with Crippen LogP contribution in [-0.4, -0.2) is 40.8 Å². The maximum absolute atomic E-state index is 11.5. The van der Waals surface area contributed by atoms with Crippen LogP contribution in [0.1, 0.15) is 43.7 Å². The predicted molar refractivity (Wildman–Crippen MR) is 77.2 cm³/mol. The highest BCUT2D eigenvalue weighted by molar-refractivity contribution is 7.91. The summed E-state index contributed by atoms with van der Waals surface area (Å²) in [6.07, 6.45) is 0. The lowest BCUT2D eigenvalue weighted by Crippen LogP contribution is -2.18. The zero-order valence-corrected chi connectivity index (χ0v) is 13.5. The zero-order valence-electron chi connectivity index (χ0n) is 12.0. The fourth-order valence-corrected chi connectivity index (χ4v) is 2.71. The molecule has 8 heteroatoms. The van der Waals surface area contributed by atoms with E-state index in [9.17, 15) is 18.3 Å². The molecule has 1 N–H and O–H groups in total. The number of hydrogen-bond acceptors (Lipinski definition) is 4. The van der Waals surface area contributed by atoms with E-state index < -0.39 is 21.2 Å². The first-order chi connectivity index (χ1) is 8.99. The van der Waals surface area contributed by atoms with Crippen molar-refractivity contribution in [3.05, 3.63) is 16.4 Å². The van der Waals surface area contributed by atoms with Crippen molar-refractivity contribution < 1.29 is 18.3 Å². The highest BCUT2D eigenvalue weighted by atomic mass is 35.5. The first kappa shape index (κ1) is 17.0. The standard InChI is InChI=1S/C12H19ClN2O4S/c1-5-20(18,19)7-6-15-10(13)8(11(16)17)9(14-15)12(2,3)4/h5-7H2,1-4H3,(H,16,17). The van der Waals surface area contributed by atoms with Gasteiger partial charge in [-0.1, -0.05) is 39.3 Å². The van der Waals surface area contributed by atoms with Crippen LogP contribution in [0.5, 0.6) is 0 Å². The lowest BCUT2D eigenvalue weighted by Gasteiger charge is -2.15. The van der Waals surface area contributed by atoms with E-state index in [-0.39, 0.29) is 28.8 Å². The smallest absolute Gasteiger partial charge is 0.340 e. The van der Waals surface area contributed by atoms with Crippen LogP contribution >= 0.6 is 11.6 Å². The third-order valence-electron chi connectivity index (χ3n) is 2.87. The van der Waals surface area contributed by atoms with E-state index in [1.54, 1.807) is 6.92 Å². The van der Waals surface area contributed by atoms with Gasteiger partial charge in [0.25, 0.3) is 0 Å². The molecule has 0 aromatic carbocycles. The van der Waals surface area contributed by atoms with Crippen LogP contribution in [-0.2, 0) is 21.8 Å². The molecule has 0 spiro atoms. The Morgan fingerprint density at radius 1 is 1.40 bits per heavy atom. The molecule has 0 atom stereocenters. The number of aromatic nitrogens is 2. The number of carbonyl (C=O) groups is 1. The second kappa shape index (κ2) is 5.73. The number of sulfone groups is 1. The molecule has 0 unspecified atom stereocenters. The van der Waals surface area contributed by atoms with E-state index in [2.05, 4.69) is 5.10 Å². The average molecular weight is 323 g/mol. The molecule has 0 bridgehead atoms. The summed E-state index contributed by atoms with van der Waals surface area (Å²) in [4.78, 5) is 11.3. The summed E-state index contributed by atoms with van der Waals surface area (Å²) in [6.45, 7) is 7.08. The largest absolute Gasteiger partial charge is 0.478 e. The number of carboxylic acids is 1. The van der Waals surface area contributed by atoms with E-state index in [0.29, 0.717) is 5.69 Å². The fraction of sp³-hybridized carbons (Fsp3) is 0.667. The number of carboxylic acid groups (broad SMARTS) is 1. The Morgan fingerprint density at radius 3 is 2.30 bits per heavy atom. The molecular formula is C12H19ClN2O4S. The molecule has 0 aliphatic heterocycles. The van der Waals surface area contributed by atoms with Crippen LogP contribution in [0, 0.1) is 0 Å². The van der Waals surface area contributed by atoms with Gasteiger partial charge in [0.1, 0.15) is 10.7 Å². The molecule has 1 aromatic heterocycles. The minimum atomic E-state index is -3.16. The zero-order chi connectivity index (χ0) is 15.7. The SMILES string of the molecule is CCS(=O)(=O)CCn1nc(C(C)(C)C)c(C(=O)O)c1Cl. The van der Waals surface area contributed by atoms with E-state index in [1.807, 2.05) is 20.8 Å². The first-order valence-corrected chi connectivity index (χ1v) is 8.40. The Bertz CT molecular complexity index is 614. The average Bonchev–Trinajstić information content (AvgIpc) is 2.64. The Kier molecular flexibility index (Phi) is 4.86. The Balaban J connectivity index is 3.21. The summed E-state index contributed by atoms with van der Waals surface area (Å²) in [5, 5.41) is 13.4.